The van der Waals surface area contributed by atoms with Crippen molar-refractivity contribution < 1.29 is 13.2 Å². The zero-order chi connectivity index (χ0) is 20.1. The summed E-state index contributed by atoms with van der Waals surface area (Å²) in [7, 11) is 1.68. The van der Waals surface area contributed by atoms with Crippen molar-refractivity contribution in [3.05, 3.63) is 48.3 Å². The van der Waals surface area contributed by atoms with E-state index in [9.17, 15) is 13.2 Å². The normalized spacial score (nSPS) is 17.6. The van der Waals surface area contributed by atoms with Crippen LogP contribution in [0.4, 0.5) is 13.2 Å². The molecule has 0 bridgehead atoms. The van der Waals surface area contributed by atoms with Crippen LogP contribution in [0, 0.1) is 0 Å². The SMILES string of the molecule is CN=C(NCc1ccn(-c2ccccc2)n1)N1CCN(C(C)C(F)(F)F)CC1. The van der Waals surface area contributed by atoms with Gasteiger partial charge in [-0.2, -0.15) is 18.3 Å². The Balaban J connectivity index is 1.53. The number of rotatable bonds is 4. The highest BCUT2D eigenvalue weighted by atomic mass is 19.4. The molecule has 1 atom stereocenters. The first kappa shape index (κ1) is 20.2. The van der Waals surface area contributed by atoms with Crippen molar-refractivity contribution in [2.45, 2.75) is 25.7 Å². The van der Waals surface area contributed by atoms with Crippen LogP contribution in [0.1, 0.15) is 12.6 Å². The van der Waals surface area contributed by atoms with Crippen LogP contribution >= 0.6 is 0 Å². The number of piperazine rings is 1. The molecule has 0 amide bonds. The summed E-state index contributed by atoms with van der Waals surface area (Å²) in [5, 5.41) is 7.80. The Morgan fingerprint density at radius 3 is 2.43 bits per heavy atom. The van der Waals surface area contributed by atoms with Crippen molar-refractivity contribution in [2.24, 2.45) is 4.99 Å². The van der Waals surface area contributed by atoms with E-state index in [2.05, 4.69) is 15.4 Å². The predicted octanol–water partition coefficient (Wildman–Crippen LogP) is 2.52. The number of aromatic nitrogens is 2. The Hall–Kier alpha value is -2.55. The minimum absolute atomic E-state index is 0.351. The molecule has 1 N–H and O–H groups in total. The molecule has 0 saturated carbocycles. The standard InChI is InChI=1S/C19H25F3N6/c1-15(19(20,21)22)26-10-12-27(13-11-26)18(23-2)24-14-16-8-9-28(25-16)17-6-4-3-5-7-17/h3-9,15H,10-14H2,1-2H3,(H,23,24). The second-order valence-electron chi connectivity index (χ2n) is 6.73. The molecule has 0 aliphatic carbocycles. The van der Waals surface area contributed by atoms with E-state index in [4.69, 9.17) is 0 Å². The topological polar surface area (TPSA) is 48.7 Å². The number of halogens is 3. The highest BCUT2D eigenvalue weighted by Gasteiger charge is 2.41. The van der Waals surface area contributed by atoms with Crippen LogP contribution in [-0.2, 0) is 6.54 Å². The number of benzene rings is 1. The average molecular weight is 394 g/mol. The van der Waals surface area contributed by atoms with E-state index >= 15 is 0 Å². The number of nitrogens with zero attached hydrogens (tertiary/aromatic N) is 5. The second kappa shape index (κ2) is 8.64. The molecule has 152 valence electrons. The highest BCUT2D eigenvalue weighted by Crippen LogP contribution is 2.25. The first-order valence-electron chi connectivity index (χ1n) is 9.25. The fourth-order valence-electron chi connectivity index (χ4n) is 3.21. The molecule has 2 aromatic rings. The maximum absolute atomic E-state index is 12.9. The molecule has 1 fully saturated rings. The Morgan fingerprint density at radius 1 is 1.14 bits per heavy atom. The summed E-state index contributed by atoms with van der Waals surface area (Å²) in [6, 6.07) is 10.3. The molecule has 3 rings (SSSR count). The van der Waals surface area contributed by atoms with Crippen molar-refractivity contribution in [2.75, 3.05) is 33.2 Å². The van der Waals surface area contributed by atoms with Crippen molar-refractivity contribution in [1.82, 2.24) is 24.9 Å². The molecular weight excluding hydrogens is 369 g/mol. The van der Waals surface area contributed by atoms with Crippen LogP contribution in [0.15, 0.2) is 47.6 Å². The first-order valence-corrected chi connectivity index (χ1v) is 9.25. The highest BCUT2D eigenvalue weighted by molar-refractivity contribution is 5.79. The van der Waals surface area contributed by atoms with Gasteiger partial charge in [0.2, 0.25) is 0 Å². The van der Waals surface area contributed by atoms with Crippen molar-refractivity contribution in [3.8, 4) is 5.69 Å². The van der Waals surface area contributed by atoms with Gasteiger partial charge in [-0.15, -0.1) is 0 Å². The summed E-state index contributed by atoms with van der Waals surface area (Å²) >= 11 is 0. The predicted molar refractivity (Wildman–Crippen MR) is 102 cm³/mol. The maximum Gasteiger partial charge on any atom is 0.403 e. The fraction of sp³-hybridized carbons (Fsp3) is 0.474. The van der Waals surface area contributed by atoms with Crippen LogP contribution in [-0.4, -0.2) is 71.0 Å². The van der Waals surface area contributed by atoms with Crippen molar-refractivity contribution in [3.63, 3.8) is 0 Å². The molecule has 28 heavy (non-hydrogen) atoms. The lowest BCUT2D eigenvalue weighted by atomic mass is 10.2. The summed E-state index contributed by atoms with van der Waals surface area (Å²) in [6.07, 6.45) is -2.30. The van der Waals surface area contributed by atoms with E-state index in [1.165, 1.54) is 11.8 Å². The molecule has 6 nitrogen and oxygen atoms in total. The molecule has 1 unspecified atom stereocenters. The molecule has 1 saturated heterocycles. The third-order valence-electron chi connectivity index (χ3n) is 4.94. The molecule has 1 aromatic heterocycles. The lowest BCUT2D eigenvalue weighted by Gasteiger charge is -2.39. The molecule has 0 spiro atoms. The molecular formula is C19H25F3N6. The zero-order valence-corrected chi connectivity index (χ0v) is 16.0. The number of hydrogen-bond acceptors (Lipinski definition) is 3. The summed E-state index contributed by atoms with van der Waals surface area (Å²) in [5.41, 5.74) is 1.84. The van der Waals surface area contributed by atoms with Crippen LogP contribution in [0.3, 0.4) is 0 Å². The molecule has 2 heterocycles. The monoisotopic (exact) mass is 394 g/mol. The lowest BCUT2D eigenvalue weighted by molar-refractivity contribution is -0.181. The lowest BCUT2D eigenvalue weighted by Crippen LogP contribution is -2.56. The number of alkyl halides is 3. The van der Waals surface area contributed by atoms with Crippen LogP contribution in [0.5, 0.6) is 0 Å². The van der Waals surface area contributed by atoms with E-state index in [0.29, 0.717) is 38.7 Å². The van der Waals surface area contributed by atoms with Crippen LogP contribution in [0.25, 0.3) is 5.69 Å². The van der Waals surface area contributed by atoms with Gasteiger partial charge in [-0.3, -0.25) is 9.89 Å². The summed E-state index contributed by atoms with van der Waals surface area (Å²) in [5.74, 6) is 0.675. The summed E-state index contributed by atoms with van der Waals surface area (Å²) in [6.45, 7) is 3.41. The molecule has 1 aliphatic rings. The molecule has 1 aliphatic heterocycles. The Labute approximate surface area is 162 Å². The average Bonchev–Trinajstić information content (AvgIpc) is 3.17. The van der Waals surface area contributed by atoms with Gasteiger partial charge >= 0.3 is 6.18 Å². The van der Waals surface area contributed by atoms with E-state index in [1.807, 2.05) is 47.5 Å². The Bertz CT molecular complexity index is 778. The first-order chi connectivity index (χ1) is 13.4. The van der Waals surface area contributed by atoms with Gasteiger partial charge in [0, 0.05) is 39.4 Å². The van der Waals surface area contributed by atoms with E-state index in [-0.39, 0.29) is 0 Å². The minimum atomic E-state index is -4.19. The van der Waals surface area contributed by atoms with Gasteiger partial charge in [-0.1, -0.05) is 18.2 Å². The number of aliphatic imine (C=N–C) groups is 1. The quantitative estimate of drug-likeness (QED) is 0.640. The van der Waals surface area contributed by atoms with Crippen LogP contribution < -0.4 is 5.32 Å². The summed E-state index contributed by atoms with van der Waals surface area (Å²) in [4.78, 5) is 7.71. The number of para-hydroxylation sites is 1. The molecule has 1 aromatic carbocycles. The third kappa shape index (κ3) is 4.83. The Kier molecular flexibility index (Phi) is 6.23. The molecule has 9 heteroatoms. The van der Waals surface area contributed by atoms with E-state index in [0.717, 1.165) is 11.4 Å². The van der Waals surface area contributed by atoms with Gasteiger partial charge in [0.1, 0.15) is 6.04 Å². The van der Waals surface area contributed by atoms with E-state index < -0.39 is 12.2 Å². The van der Waals surface area contributed by atoms with Gasteiger partial charge in [-0.05, 0) is 25.1 Å². The maximum atomic E-state index is 12.9. The number of nitrogens with one attached hydrogen (secondary N) is 1. The number of guanidine groups is 1. The fourth-order valence-corrected chi connectivity index (χ4v) is 3.21. The molecule has 0 radical (unpaired) electrons. The largest absolute Gasteiger partial charge is 0.403 e. The zero-order valence-electron chi connectivity index (χ0n) is 16.0. The second-order valence-corrected chi connectivity index (χ2v) is 6.73. The van der Waals surface area contributed by atoms with Crippen molar-refractivity contribution >= 4 is 5.96 Å². The van der Waals surface area contributed by atoms with Crippen LogP contribution in [0.2, 0.25) is 0 Å². The van der Waals surface area contributed by atoms with Gasteiger partial charge < -0.3 is 10.2 Å². The summed E-state index contributed by atoms with van der Waals surface area (Å²) < 4.78 is 40.5. The van der Waals surface area contributed by atoms with E-state index in [1.54, 1.807) is 11.7 Å². The Morgan fingerprint density at radius 2 is 1.82 bits per heavy atom. The van der Waals surface area contributed by atoms with Gasteiger partial charge in [0.15, 0.2) is 5.96 Å². The third-order valence-corrected chi connectivity index (χ3v) is 4.94. The van der Waals surface area contributed by atoms with Gasteiger partial charge in [-0.25, -0.2) is 4.68 Å². The van der Waals surface area contributed by atoms with Gasteiger partial charge in [0.25, 0.3) is 0 Å². The van der Waals surface area contributed by atoms with Crippen molar-refractivity contribution in [1.29, 1.82) is 0 Å². The smallest absolute Gasteiger partial charge is 0.351 e. The number of hydrogen-bond donors (Lipinski definition) is 1. The van der Waals surface area contributed by atoms with Gasteiger partial charge in [0.05, 0.1) is 17.9 Å². The minimum Gasteiger partial charge on any atom is -0.351 e.